The third-order valence-corrected chi connectivity index (χ3v) is 6.86. The molecule has 0 unspecified atom stereocenters. The molecule has 166 valence electrons. The minimum absolute atomic E-state index is 0.0545. The average molecular weight is 446 g/mol. The number of piperidine rings is 1. The molecule has 31 heavy (non-hydrogen) atoms. The quantitative estimate of drug-likeness (QED) is 0.657. The Bertz CT molecular complexity index is 1020. The molecule has 1 atom stereocenters. The van der Waals surface area contributed by atoms with Crippen LogP contribution in [0.25, 0.3) is 0 Å². The number of amides is 1. The number of ether oxygens (including phenoxy) is 2. The van der Waals surface area contributed by atoms with Gasteiger partial charge >= 0.3 is 0 Å². The standard InChI is InChI=1S/C22H27N3O5S/c1-31(27,28)24-19-3-2-10-25-20(19)13-29-17-7-5-16(6-8-17)18-11-15(12-23)4-9-21(18)30-14-22(25)26/h4,9,11,16-17,20H,2-3,5-8,10,13-14H2,1H3/b24-19+/t16?,17?,20-/m0/s1. The summed E-state index contributed by atoms with van der Waals surface area (Å²) >= 11 is 0. The van der Waals surface area contributed by atoms with Crippen molar-refractivity contribution in [1.29, 1.82) is 5.26 Å². The fourth-order valence-corrected chi connectivity index (χ4v) is 5.43. The lowest BCUT2D eigenvalue weighted by atomic mass is 9.82. The third-order valence-electron chi connectivity index (χ3n) is 6.29. The van der Waals surface area contributed by atoms with Gasteiger partial charge in [0.05, 0.1) is 42.4 Å². The molecule has 0 radical (unpaired) electrons. The normalized spacial score (nSPS) is 28.4. The molecule has 1 saturated carbocycles. The number of rotatable bonds is 1. The average Bonchev–Trinajstić information content (AvgIpc) is 2.76. The molecule has 0 N–H and O–H groups in total. The van der Waals surface area contributed by atoms with E-state index in [0.29, 0.717) is 36.4 Å². The largest absolute Gasteiger partial charge is 0.483 e. The van der Waals surface area contributed by atoms with E-state index in [1.54, 1.807) is 17.0 Å². The first-order chi connectivity index (χ1) is 14.8. The van der Waals surface area contributed by atoms with E-state index >= 15 is 0 Å². The van der Waals surface area contributed by atoms with Gasteiger partial charge in [-0.05, 0) is 68.2 Å². The predicted molar refractivity (Wildman–Crippen MR) is 115 cm³/mol. The first-order valence-corrected chi connectivity index (χ1v) is 12.6. The molecule has 1 aromatic rings. The monoisotopic (exact) mass is 445 g/mol. The zero-order chi connectivity index (χ0) is 22.0. The highest BCUT2D eigenvalue weighted by Gasteiger charge is 2.35. The molecule has 3 aliphatic heterocycles. The lowest BCUT2D eigenvalue weighted by Crippen LogP contribution is -2.53. The molecule has 1 aromatic carbocycles. The van der Waals surface area contributed by atoms with Crippen molar-refractivity contribution in [3.63, 3.8) is 0 Å². The first-order valence-electron chi connectivity index (χ1n) is 10.7. The van der Waals surface area contributed by atoms with Gasteiger partial charge in [-0.2, -0.15) is 9.66 Å². The fourth-order valence-electron chi connectivity index (χ4n) is 4.80. The minimum atomic E-state index is -3.57. The zero-order valence-electron chi connectivity index (χ0n) is 17.6. The molecule has 1 amide bonds. The number of nitriles is 1. The summed E-state index contributed by atoms with van der Waals surface area (Å²) in [6.45, 7) is 0.588. The lowest BCUT2D eigenvalue weighted by molar-refractivity contribution is -0.136. The Balaban J connectivity index is 1.67. The second-order valence-electron chi connectivity index (χ2n) is 8.48. The summed E-state index contributed by atoms with van der Waals surface area (Å²) in [5.74, 6) is 0.662. The van der Waals surface area contributed by atoms with Crippen molar-refractivity contribution < 1.29 is 22.7 Å². The van der Waals surface area contributed by atoms with Crippen molar-refractivity contribution in [2.24, 2.45) is 4.40 Å². The van der Waals surface area contributed by atoms with Crippen molar-refractivity contribution in [2.45, 2.75) is 56.6 Å². The second-order valence-corrected chi connectivity index (χ2v) is 10.1. The van der Waals surface area contributed by atoms with Crippen LogP contribution in [-0.4, -0.2) is 63.1 Å². The van der Waals surface area contributed by atoms with Crippen LogP contribution in [0.4, 0.5) is 0 Å². The molecular formula is C22H27N3O5S. The van der Waals surface area contributed by atoms with Gasteiger partial charge in [-0.15, -0.1) is 0 Å². The molecule has 8 nitrogen and oxygen atoms in total. The lowest BCUT2D eigenvalue weighted by Gasteiger charge is -2.37. The van der Waals surface area contributed by atoms with Gasteiger partial charge < -0.3 is 14.4 Å². The summed E-state index contributed by atoms with van der Waals surface area (Å²) < 4.78 is 39.7. The Morgan fingerprint density at radius 2 is 2.00 bits per heavy atom. The Hall–Kier alpha value is -2.44. The topological polar surface area (TPSA) is 109 Å². The van der Waals surface area contributed by atoms with Crippen LogP contribution in [0.15, 0.2) is 22.6 Å². The molecule has 5 rings (SSSR count). The van der Waals surface area contributed by atoms with Gasteiger partial charge in [-0.1, -0.05) is 0 Å². The SMILES string of the molecule is CS(=O)(=O)/N=C1\CCCN2C(=O)COc3ccc(C#N)cc3C3CCC(CC3)OC[C@@H]12. The van der Waals surface area contributed by atoms with E-state index in [1.807, 2.05) is 6.07 Å². The molecule has 1 aliphatic carbocycles. The van der Waals surface area contributed by atoms with Crippen LogP contribution in [0.3, 0.4) is 0 Å². The van der Waals surface area contributed by atoms with E-state index in [9.17, 15) is 18.5 Å². The number of fused-ring (bicyclic) bond motifs is 5. The number of hydrogen-bond acceptors (Lipinski definition) is 6. The molecular weight excluding hydrogens is 418 g/mol. The second kappa shape index (κ2) is 8.97. The summed E-state index contributed by atoms with van der Waals surface area (Å²) in [4.78, 5) is 14.7. The van der Waals surface area contributed by atoms with E-state index in [0.717, 1.165) is 37.5 Å². The number of carbonyl (C=O) groups is 1. The van der Waals surface area contributed by atoms with E-state index in [-0.39, 0.29) is 31.1 Å². The first kappa shape index (κ1) is 21.8. The summed E-state index contributed by atoms with van der Waals surface area (Å²) in [5, 5.41) is 9.31. The maximum atomic E-state index is 13.1. The maximum absolute atomic E-state index is 13.1. The molecule has 0 spiro atoms. The molecule has 3 heterocycles. The van der Waals surface area contributed by atoms with Gasteiger partial charge in [0.25, 0.3) is 5.91 Å². The van der Waals surface area contributed by atoms with Crippen LogP contribution in [0.2, 0.25) is 0 Å². The van der Waals surface area contributed by atoms with Crippen LogP contribution in [0.5, 0.6) is 5.75 Å². The van der Waals surface area contributed by atoms with Crippen molar-refractivity contribution >= 4 is 21.6 Å². The van der Waals surface area contributed by atoms with E-state index in [2.05, 4.69) is 10.5 Å². The summed E-state index contributed by atoms with van der Waals surface area (Å²) in [6.07, 6.45) is 5.82. The number of benzene rings is 1. The van der Waals surface area contributed by atoms with Crippen LogP contribution in [0, 0.1) is 11.3 Å². The molecule has 2 bridgehead atoms. The van der Waals surface area contributed by atoms with Crippen molar-refractivity contribution in [1.82, 2.24) is 4.90 Å². The van der Waals surface area contributed by atoms with Gasteiger partial charge in [-0.25, -0.2) is 8.42 Å². The summed E-state index contributed by atoms with van der Waals surface area (Å²) in [5.41, 5.74) is 2.03. The van der Waals surface area contributed by atoms with Crippen LogP contribution in [0.1, 0.15) is 55.6 Å². The zero-order valence-corrected chi connectivity index (χ0v) is 18.4. The Labute approximate surface area is 182 Å². The van der Waals surface area contributed by atoms with Crippen molar-refractivity contribution in [2.75, 3.05) is 26.0 Å². The Morgan fingerprint density at radius 1 is 1.23 bits per heavy atom. The number of sulfonamides is 1. The van der Waals surface area contributed by atoms with Gasteiger partial charge in [0.15, 0.2) is 6.61 Å². The summed E-state index contributed by atoms with van der Waals surface area (Å²) in [7, 11) is -3.57. The van der Waals surface area contributed by atoms with Crippen LogP contribution in [-0.2, 0) is 19.6 Å². The van der Waals surface area contributed by atoms with Crippen LogP contribution >= 0.6 is 0 Å². The molecule has 2 fully saturated rings. The van der Waals surface area contributed by atoms with Gasteiger partial charge in [0.2, 0.25) is 10.0 Å². The molecule has 0 aromatic heterocycles. The highest BCUT2D eigenvalue weighted by molar-refractivity contribution is 7.89. The van der Waals surface area contributed by atoms with E-state index in [4.69, 9.17) is 9.47 Å². The highest BCUT2D eigenvalue weighted by atomic mass is 32.2. The molecule has 9 heteroatoms. The summed E-state index contributed by atoms with van der Waals surface area (Å²) in [6, 6.07) is 7.02. The smallest absolute Gasteiger partial charge is 0.261 e. The van der Waals surface area contributed by atoms with Gasteiger partial charge in [0, 0.05) is 6.54 Å². The van der Waals surface area contributed by atoms with Gasteiger partial charge in [-0.3, -0.25) is 4.79 Å². The number of hydrogen-bond donors (Lipinski definition) is 0. The Kier molecular flexibility index (Phi) is 6.30. The Morgan fingerprint density at radius 3 is 2.71 bits per heavy atom. The predicted octanol–water partition coefficient (Wildman–Crippen LogP) is 2.39. The number of carbonyl (C=O) groups excluding carboxylic acids is 1. The molecule has 1 saturated heterocycles. The van der Waals surface area contributed by atoms with E-state index < -0.39 is 16.1 Å². The highest BCUT2D eigenvalue weighted by Crippen LogP contribution is 2.39. The number of nitrogens with zero attached hydrogens (tertiary/aromatic N) is 3. The molecule has 4 aliphatic rings. The van der Waals surface area contributed by atoms with Crippen LogP contribution < -0.4 is 4.74 Å². The minimum Gasteiger partial charge on any atom is -0.483 e. The van der Waals surface area contributed by atoms with Crippen molar-refractivity contribution in [3.8, 4) is 11.8 Å². The maximum Gasteiger partial charge on any atom is 0.261 e. The van der Waals surface area contributed by atoms with Crippen molar-refractivity contribution in [3.05, 3.63) is 29.3 Å². The third kappa shape index (κ3) is 5.08. The van der Waals surface area contributed by atoms with E-state index in [1.165, 1.54) is 0 Å². The van der Waals surface area contributed by atoms with Gasteiger partial charge in [0.1, 0.15) is 5.75 Å². The fraction of sp³-hybridized carbons (Fsp3) is 0.591.